The molecule has 1 fully saturated rings. The maximum absolute atomic E-state index is 13.7. The van der Waals surface area contributed by atoms with Crippen LogP contribution >= 0.6 is 0 Å². The Hall–Kier alpha value is -2.28. The van der Waals surface area contributed by atoms with E-state index in [0.717, 1.165) is 26.1 Å². The molecule has 2 aromatic rings. The predicted octanol–water partition coefficient (Wildman–Crippen LogP) is 2.24. The van der Waals surface area contributed by atoms with Crippen molar-refractivity contribution in [2.24, 2.45) is 0 Å². The second-order valence-electron chi connectivity index (χ2n) is 6.11. The number of amides is 1. The van der Waals surface area contributed by atoms with E-state index in [4.69, 9.17) is 4.52 Å². The topological polar surface area (TPSA) is 62.5 Å². The molecule has 0 saturated carbocycles. The third kappa shape index (κ3) is 3.79. The van der Waals surface area contributed by atoms with E-state index in [1.807, 2.05) is 4.90 Å². The Bertz CT molecular complexity index is 731. The Balaban J connectivity index is 1.65. The third-order valence-corrected chi connectivity index (χ3v) is 4.29. The van der Waals surface area contributed by atoms with Crippen LogP contribution in [0.1, 0.15) is 24.8 Å². The Morgan fingerprint density at radius 3 is 2.88 bits per heavy atom. The minimum Gasteiger partial charge on any atom is -0.342 e. The van der Waals surface area contributed by atoms with E-state index < -0.39 is 0 Å². The number of carbonyl (C=O) groups excluding carboxylic acids is 1. The highest BCUT2D eigenvalue weighted by Crippen LogP contribution is 2.19. The van der Waals surface area contributed by atoms with E-state index in [1.54, 1.807) is 26.0 Å². The summed E-state index contributed by atoms with van der Waals surface area (Å²) < 4.78 is 19.0. The lowest BCUT2D eigenvalue weighted by molar-refractivity contribution is -0.128. The maximum Gasteiger partial charge on any atom is 0.241 e. The van der Waals surface area contributed by atoms with Gasteiger partial charge >= 0.3 is 0 Å². The number of aryl methyl sites for hydroxylation is 1. The zero-order chi connectivity index (χ0) is 17.1. The average Bonchev–Trinajstić information content (AvgIpc) is 2.87. The number of nitrogens with zero attached hydrogens (tertiary/aromatic N) is 4. The summed E-state index contributed by atoms with van der Waals surface area (Å²) in [5.74, 6) is 0.723. The van der Waals surface area contributed by atoms with Gasteiger partial charge in [0.25, 0.3) is 0 Å². The SMILES string of the molecule is CC(=O)N1CCCN(Cc2nc(-c3ccc(C)c(F)c3)no2)CC1. The highest BCUT2D eigenvalue weighted by Gasteiger charge is 2.19. The fraction of sp³-hybridized carbons (Fsp3) is 0.471. The molecule has 1 aromatic carbocycles. The molecule has 1 aromatic heterocycles. The number of halogens is 1. The molecule has 0 atom stereocenters. The summed E-state index contributed by atoms with van der Waals surface area (Å²) in [5, 5.41) is 3.95. The van der Waals surface area contributed by atoms with Crippen LogP contribution in [0.2, 0.25) is 0 Å². The van der Waals surface area contributed by atoms with Crippen LogP contribution in [0.3, 0.4) is 0 Å². The molecular weight excluding hydrogens is 311 g/mol. The number of rotatable bonds is 3. The smallest absolute Gasteiger partial charge is 0.241 e. The highest BCUT2D eigenvalue weighted by atomic mass is 19.1. The van der Waals surface area contributed by atoms with Crippen LogP contribution in [-0.2, 0) is 11.3 Å². The van der Waals surface area contributed by atoms with E-state index >= 15 is 0 Å². The predicted molar refractivity (Wildman–Crippen MR) is 86.6 cm³/mol. The summed E-state index contributed by atoms with van der Waals surface area (Å²) >= 11 is 0. The molecule has 2 heterocycles. The van der Waals surface area contributed by atoms with E-state index in [0.29, 0.717) is 35.9 Å². The molecule has 7 heteroatoms. The van der Waals surface area contributed by atoms with Crippen LogP contribution in [0.25, 0.3) is 11.4 Å². The molecular formula is C17H21FN4O2. The fourth-order valence-electron chi connectivity index (χ4n) is 2.80. The number of aromatic nitrogens is 2. The van der Waals surface area contributed by atoms with Crippen LogP contribution in [0.5, 0.6) is 0 Å². The largest absolute Gasteiger partial charge is 0.342 e. The average molecular weight is 332 g/mol. The van der Waals surface area contributed by atoms with Crippen molar-refractivity contribution >= 4 is 5.91 Å². The molecule has 1 aliphatic rings. The molecule has 0 unspecified atom stereocenters. The maximum atomic E-state index is 13.7. The summed E-state index contributed by atoms with van der Waals surface area (Å²) in [5.41, 5.74) is 1.19. The van der Waals surface area contributed by atoms with Crippen LogP contribution in [0.15, 0.2) is 22.7 Å². The van der Waals surface area contributed by atoms with Crippen molar-refractivity contribution in [1.82, 2.24) is 19.9 Å². The molecule has 1 amide bonds. The number of hydrogen-bond donors (Lipinski definition) is 0. The number of benzene rings is 1. The van der Waals surface area contributed by atoms with Crippen molar-refractivity contribution in [2.45, 2.75) is 26.8 Å². The summed E-state index contributed by atoms with van der Waals surface area (Å²) in [4.78, 5) is 19.9. The lowest BCUT2D eigenvalue weighted by Gasteiger charge is -2.19. The van der Waals surface area contributed by atoms with Gasteiger partial charge in [-0.3, -0.25) is 9.69 Å². The van der Waals surface area contributed by atoms with Crippen LogP contribution in [0.4, 0.5) is 4.39 Å². The molecule has 24 heavy (non-hydrogen) atoms. The summed E-state index contributed by atoms with van der Waals surface area (Å²) in [6.45, 7) is 6.98. The van der Waals surface area contributed by atoms with Gasteiger partial charge in [0.05, 0.1) is 6.54 Å². The van der Waals surface area contributed by atoms with Crippen molar-refractivity contribution in [3.63, 3.8) is 0 Å². The van der Waals surface area contributed by atoms with Gasteiger partial charge in [-0.25, -0.2) is 4.39 Å². The normalized spacial score (nSPS) is 16.2. The van der Waals surface area contributed by atoms with Crippen molar-refractivity contribution in [3.05, 3.63) is 35.5 Å². The van der Waals surface area contributed by atoms with Gasteiger partial charge in [0.2, 0.25) is 17.6 Å². The van der Waals surface area contributed by atoms with Crippen molar-refractivity contribution in [2.75, 3.05) is 26.2 Å². The quantitative estimate of drug-likeness (QED) is 0.862. The van der Waals surface area contributed by atoms with Gasteiger partial charge in [-0.15, -0.1) is 0 Å². The van der Waals surface area contributed by atoms with Crippen molar-refractivity contribution < 1.29 is 13.7 Å². The Kier molecular flexibility index (Phi) is 4.89. The minimum absolute atomic E-state index is 0.110. The first-order valence-corrected chi connectivity index (χ1v) is 8.10. The molecule has 1 saturated heterocycles. The molecule has 3 rings (SSSR count). The van der Waals surface area contributed by atoms with E-state index in [9.17, 15) is 9.18 Å². The van der Waals surface area contributed by atoms with Crippen molar-refractivity contribution in [1.29, 1.82) is 0 Å². The molecule has 0 aliphatic carbocycles. The fourth-order valence-corrected chi connectivity index (χ4v) is 2.80. The standard InChI is InChI=1S/C17H21FN4O2/c1-12-4-5-14(10-15(12)18)17-19-16(24-20-17)11-21-6-3-7-22(9-8-21)13(2)23/h4-5,10H,3,6-9,11H2,1-2H3. The second kappa shape index (κ2) is 7.09. The summed E-state index contributed by atoms with van der Waals surface area (Å²) in [6.07, 6.45) is 0.920. The van der Waals surface area contributed by atoms with Gasteiger partial charge in [0, 0.05) is 38.7 Å². The van der Waals surface area contributed by atoms with Gasteiger partial charge in [-0.2, -0.15) is 4.98 Å². The van der Waals surface area contributed by atoms with Gasteiger partial charge in [0.1, 0.15) is 5.82 Å². The number of carbonyl (C=O) groups is 1. The molecule has 128 valence electrons. The lowest BCUT2D eigenvalue weighted by Crippen LogP contribution is -2.33. The van der Waals surface area contributed by atoms with Crippen LogP contribution in [0, 0.1) is 12.7 Å². The van der Waals surface area contributed by atoms with E-state index in [2.05, 4.69) is 15.0 Å². The van der Waals surface area contributed by atoms with E-state index in [1.165, 1.54) is 6.07 Å². The molecule has 6 nitrogen and oxygen atoms in total. The zero-order valence-electron chi connectivity index (χ0n) is 14.0. The van der Waals surface area contributed by atoms with Gasteiger partial charge < -0.3 is 9.42 Å². The molecule has 1 aliphatic heterocycles. The Labute approximate surface area is 140 Å². The van der Waals surface area contributed by atoms with Crippen molar-refractivity contribution in [3.8, 4) is 11.4 Å². The van der Waals surface area contributed by atoms with Gasteiger partial charge in [-0.05, 0) is 25.0 Å². The van der Waals surface area contributed by atoms with Crippen LogP contribution < -0.4 is 0 Å². The highest BCUT2D eigenvalue weighted by molar-refractivity contribution is 5.73. The molecule has 0 bridgehead atoms. The first kappa shape index (κ1) is 16.6. The lowest BCUT2D eigenvalue weighted by atomic mass is 10.1. The van der Waals surface area contributed by atoms with Gasteiger partial charge in [-0.1, -0.05) is 17.3 Å². The molecule has 0 N–H and O–H groups in total. The third-order valence-electron chi connectivity index (χ3n) is 4.29. The molecule has 0 radical (unpaired) electrons. The zero-order valence-corrected chi connectivity index (χ0v) is 14.0. The molecule has 0 spiro atoms. The second-order valence-corrected chi connectivity index (χ2v) is 6.11. The minimum atomic E-state index is -0.282. The van der Waals surface area contributed by atoms with Gasteiger partial charge in [0.15, 0.2) is 0 Å². The monoisotopic (exact) mass is 332 g/mol. The van der Waals surface area contributed by atoms with Crippen LogP contribution in [-0.4, -0.2) is 52.0 Å². The summed E-state index contributed by atoms with van der Waals surface area (Å²) in [7, 11) is 0. The number of hydrogen-bond acceptors (Lipinski definition) is 5. The first-order chi connectivity index (χ1) is 11.5. The summed E-state index contributed by atoms with van der Waals surface area (Å²) in [6, 6.07) is 4.90. The Morgan fingerprint density at radius 1 is 1.29 bits per heavy atom. The Morgan fingerprint density at radius 2 is 2.12 bits per heavy atom. The first-order valence-electron chi connectivity index (χ1n) is 8.10. The van der Waals surface area contributed by atoms with E-state index in [-0.39, 0.29) is 11.7 Å².